The minimum atomic E-state index is 0.00699. The van der Waals surface area contributed by atoms with Crippen molar-refractivity contribution in [3.8, 4) is 0 Å². The number of benzene rings is 1. The van der Waals surface area contributed by atoms with Crippen molar-refractivity contribution in [1.82, 2.24) is 20.1 Å². The van der Waals surface area contributed by atoms with Crippen LogP contribution in [0.1, 0.15) is 25.2 Å². The maximum atomic E-state index is 11.9. The molecule has 112 valence electrons. The summed E-state index contributed by atoms with van der Waals surface area (Å²) in [6.45, 7) is 5.49. The molecule has 0 atom stereocenters. The minimum Gasteiger partial charge on any atom is -0.351 e. The minimum absolute atomic E-state index is 0.00699. The van der Waals surface area contributed by atoms with Crippen LogP contribution in [0.2, 0.25) is 0 Å². The van der Waals surface area contributed by atoms with Gasteiger partial charge in [-0.1, -0.05) is 49.0 Å². The van der Waals surface area contributed by atoms with E-state index in [0.29, 0.717) is 12.3 Å². The summed E-state index contributed by atoms with van der Waals surface area (Å²) >= 11 is 1.43. The van der Waals surface area contributed by atoms with Crippen molar-refractivity contribution >= 4 is 17.7 Å². The van der Waals surface area contributed by atoms with E-state index in [-0.39, 0.29) is 5.91 Å². The Bertz CT molecular complexity index is 583. The number of carbonyl (C=O) groups is 1. The average Bonchev–Trinajstić information content (AvgIpc) is 2.93. The third-order valence-corrected chi connectivity index (χ3v) is 4.06. The molecule has 0 fully saturated rings. The van der Waals surface area contributed by atoms with Gasteiger partial charge in [0.1, 0.15) is 5.82 Å². The molecule has 0 saturated heterocycles. The number of rotatable bonds is 7. The predicted molar refractivity (Wildman–Crippen MR) is 84.1 cm³/mol. The van der Waals surface area contributed by atoms with Gasteiger partial charge >= 0.3 is 0 Å². The second-order valence-corrected chi connectivity index (χ2v) is 5.49. The SMILES string of the molecule is CCc1nnc(SCC(=O)NCc2ccccc2)n1CC. The van der Waals surface area contributed by atoms with Crippen LogP contribution in [0.3, 0.4) is 0 Å². The summed E-state index contributed by atoms with van der Waals surface area (Å²) in [5.74, 6) is 1.33. The molecule has 0 saturated carbocycles. The van der Waals surface area contributed by atoms with E-state index in [9.17, 15) is 4.79 Å². The molecule has 1 N–H and O–H groups in total. The summed E-state index contributed by atoms with van der Waals surface area (Å²) in [5.41, 5.74) is 1.10. The second-order valence-electron chi connectivity index (χ2n) is 4.55. The lowest BCUT2D eigenvalue weighted by Crippen LogP contribution is -2.24. The van der Waals surface area contributed by atoms with Crippen LogP contribution in [0.4, 0.5) is 0 Å². The fourth-order valence-electron chi connectivity index (χ4n) is 1.98. The molecule has 2 aromatic rings. The first-order valence-electron chi connectivity index (χ1n) is 7.10. The predicted octanol–water partition coefficient (Wildman–Crippen LogP) is 2.27. The number of hydrogen-bond acceptors (Lipinski definition) is 4. The van der Waals surface area contributed by atoms with Crippen molar-refractivity contribution in [1.29, 1.82) is 0 Å². The van der Waals surface area contributed by atoms with Gasteiger partial charge in [-0.2, -0.15) is 0 Å². The van der Waals surface area contributed by atoms with E-state index in [2.05, 4.69) is 33.9 Å². The number of thioether (sulfide) groups is 1. The van der Waals surface area contributed by atoms with Gasteiger partial charge in [-0.05, 0) is 12.5 Å². The molecular formula is C15H20N4OS. The Hall–Kier alpha value is -1.82. The molecule has 0 spiro atoms. The highest BCUT2D eigenvalue weighted by Gasteiger charge is 2.11. The molecule has 0 unspecified atom stereocenters. The maximum Gasteiger partial charge on any atom is 0.230 e. The summed E-state index contributed by atoms with van der Waals surface area (Å²) in [6.07, 6.45) is 0.849. The Balaban J connectivity index is 1.83. The summed E-state index contributed by atoms with van der Waals surface area (Å²) < 4.78 is 2.05. The third kappa shape index (κ3) is 4.32. The number of aromatic nitrogens is 3. The first-order valence-corrected chi connectivity index (χ1v) is 8.08. The lowest BCUT2D eigenvalue weighted by molar-refractivity contribution is -0.118. The highest BCUT2D eigenvalue weighted by Crippen LogP contribution is 2.16. The fourth-order valence-corrected chi connectivity index (χ4v) is 2.83. The molecule has 1 amide bonds. The first-order chi connectivity index (χ1) is 10.2. The van der Waals surface area contributed by atoms with E-state index >= 15 is 0 Å². The number of amides is 1. The van der Waals surface area contributed by atoms with E-state index in [1.165, 1.54) is 11.8 Å². The molecule has 1 heterocycles. The van der Waals surface area contributed by atoms with E-state index in [1.807, 2.05) is 30.3 Å². The zero-order valence-corrected chi connectivity index (χ0v) is 13.2. The number of nitrogens with zero attached hydrogens (tertiary/aromatic N) is 3. The Morgan fingerprint density at radius 1 is 1.24 bits per heavy atom. The van der Waals surface area contributed by atoms with Crippen molar-refractivity contribution < 1.29 is 4.79 Å². The molecule has 1 aromatic heterocycles. The molecule has 0 aliphatic rings. The Morgan fingerprint density at radius 2 is 2.00 bits per heavy atom. The van der Waals surface area contributed by atoms with E-state index < -0.39 is 0 Å². The topological polar surface area (TPSA) is 59.8 Å². The molecule has 0 radical (unpaired) electrons. The van der Waals surface area contributed by atoms with E-state index in [0.717, 1.165) is 29.5 Å². The van der Waals surface area contributed by atoms with Gasteiger partial charge in [0, 0.05) is 19.5 Å². The summed E-state index contributed by atoms with van der Waals surface area (Å²) in [5, 5.41) is 12.0. The molecule has 6 heteroatoms. The summed E-state index contributed by atoms with van der Waals surface area (Å²) in [6, 6.07) is 9.88. The van der Waals surface area contributed by atoms with Crippen molar-refractivity contribution in [2.45, 2.75) is 38.5 Å². The van der Waals surface area contributed by atoms with Crippen LogP contribution in [0.25, 0.3) is 0 Å². The molecule has 5 nitrogen and oxygen atoms in total. The van der Waals surface area contributed by atoms with Crippen molar-refractivity contribution in [2.75, 3.05) is 5.75 Å². The van der Waals surface area contributed by atoms with Gasteiger partial charge in [-0.25, -0.2) is 0 Å². The van der Waals surface area contributed by atoms with Crippen LogP contribution < -0.4 is 5.32 Å². The fraction of sp³-hybridized carbons (Fsp3) is 0.400. The third-order valence-electron chi connectivity index (χ3n) is 3.09. The molecule has 0 bridgehead atoms. The lowest BCUT2D eigenvalue weighted by atomic mass is 10.2. The summed E-state index contributed by atoms with van der Waals surface area (Å²) in [7, 11) is 0. The zero-order valence-electron chi connectivity index (χ0n) is 12.4. The van der Waals surface area contributed by atoms with Crippen LogP contribution in [0.5, 0.6) is 0 Å². The van der Waals surface area contributed by atoms with E-state index in [1.54, 1.807) is 0 Å². The zero-order chi connectivity index (χ0) is 15.1. The smallest absolute Gasteiger partial charge is 0.230 e. The lowest BCUT2D eigenvalue weighted by Gasteiger charge is -2.07. The van der Waals surface area contributed by atoms with E-state index in [4.69, 9.17) is 0 Å². The molecule has 0 aliphatic carbocycles. The van der Waals surface area contributed by atoms with Gasteiger partial charge in [-0.15, -0.1) is 10.2 Å². The molecular weight excluding hydrogens is 284 g/mol. The van der Waals surface area contributed by atoms with Crippen LogP contribution in [0, 0.1) is 0 Å². The number of nitrogens with one attached hydrogen (secondary N) is 1. The Kier molecular flexibility index (Phi) is 5.80. The molecule has 21 heavy (non-hydrogen) atoms. The van der Waals surface area contributed by atoms with Gasteiger partial charge in [0.15, 0.2) is 5.16 Å². The van der Waals surface area contributed by atoms with Crippen molar-refractivity contribution in [3.63, 3.8) is 0 Å². The average molecular weight is 304 g/mol. The van der Waals surface area contributed by atoms with Gasteiger partial charge < -0.3 is 9.88 Å². The van der Waals surface area contributed by atoms with Crippen LogP contribution in [-0.4, -0.2) is 26.4 Å². The van der Waals surface area contributed by atoms with Crippen molar-refractivity contribution in [3.05, 3.63) is 41.7 Å². The van der Waals surface area contributed by atoms with Crippen LogP contribution >= 0.6 is 11.8 Å². The Labute approximate surface area is 129 Å². The molecule has 2 rings (SSSR count). The summed E-state index contributed by atoms with van der Waals surface area (Å²) in [4.78, 5) is 11.9. The maximum absolute atomic E-state index is 11.9. The quantitative estimate of drug-likeness (QED) is 0.797. The number of hydrogen-bond donors (Lipinski definition) is 1. The van der Waals surface area contributed by atoms with Crippen molar-refractivity contribution in [2.24, 2.45) is 0 Å². The highest BCUT2D eigenvalue weighted by atomic mass is 32.2. The van der Waals surface area contributed by atoms with Gasteiger partial charge in [0.25, 0.3) is 0 Å². The van der Waals surface area contributed by atoms with Crippen LogP contribution in [-0.2, 0) is 24.3 Å². The standard InChI is InChI=1S/C15H20N4OS/c1-3-13-17-18-15(19(13)4-2)21-11-14(20)16-10-12-8-6-5-7-9-12/h5-9H,3-4,10-11H2,1-2H3,(H,16,20). The normalized spacial score (nSPS) is 10.6. The Morgan fingerprint density at radius 3 is 2.67 bits per heavy atom. The highest BCUT2D eigenvalue weighted by molar-refractivity contribution is 7.99. The van der Waals surface area contributed by atoms with Crippen LogP contribution in [0.15, 0.2) is 35.5 Å². The largest absolute Gasteiger partial charge is 0.351 e. The number of aryl methyl sites for hydroxylation is 1. The molecule has 0 aliphatic heterocycles. The van der Waals surface area contributed by atoms with Gasteiger partial charge in [0.2, 0.25) is 5.91 Å². The van der Waals surface area contributed by atoms with Gasteiger partial charge in [0.05, 0.1) is 5.75 Å². The monoisotopic (exact) mass is 304 g/mol. The molecule has 1 aromatic carbocycles. The van der Waals surface area contributed by atoms with Gasteiger partial charge in [-0.3, -0.25) is 4.79 Å². The number of carbonyl (C=O) groups excluding carboxylic acids is 1. The first kappa shape index (κ1) is 15.6. The second kappa shape index (κ2) is 7.83.